The van der Waals surface area contributed by atoms with Gasteiger partial charge in [-0.05, 0) is 51.8 Å². The van der Waals surface area contributed by atoms with Gasteiger partial charge in [-0.1, -0.05) is 6.58 Å². The van der Waals surface area contributed by atoms with Gasteiger partial charge in [0, 0.05) is 37.0 Å². The van der Waals surface area contributed by atoms with Crippen molar-refractivity contribution in [2.24, 2.45) is 0 Å². The molecule has 0 aromatic carbocycles. The van der Waals surface area contributed by atoms with E-state index in [9.17, 15) is 8.42 Å². The molecule has 3 aromatic rings. The summed E-state index contributed by atoms with van der Waals surface area (Å²) in [5.41, 5.74) is 2.65. The molecule has 0 aliphatic rings. The topological polar surface area (TPSA) is 143 Å². The van der Waals surface area contributed by atoms with Gasteiger partial charge in [0.25, 0.3) is 0 Å². The summed E-state index contributed by atoms with van der Waals surface area (Å²) in [5, 5.41) is 7.35. The third-order valence-corrected chi connectivity index (χ3v) is 7.41. The van der Waals surface area contributed by atoms with Gasteiger partial charge in [-0.15, -0.1) is 10.2 Å². The highest BCUT2D eigenvalue weighted by molar-refractivity contribution is 7.93. The van der Waals surface area contributed by atoms with Crippen LogP contribution in [0.15, 0.2) is 49.0 Å². The zero-order valence-electron chi connectivity index (χ0n) is 22.6. The van der Waals surface area contributed by atoms with Crippen LogP contribution in [0.25, 0.3) is 17.1 Å². The summed E-state index contributed by atoms with van der Waals surface area (Å²) in [4.78, 5) is 12.8. The molecule has 0 unspecified atom stereocenters. The van der Waals surface area contributed by atoms with Gasteiger partial charge in [-0.3, -0.25) is 14.3 Å². The quantitative estimate of drug-likeness (QED) is 0.265. The average molecular weight is 544 g/mol. The lowest BCUT2D eigenvalue weighted by atomic mass is 10.2. The second-order valence-corrected chi connectivity index (χ2v) is 10.6. The van der Waals surface area contributed by atoms with Crippen LogP contribution < -0.4 is 4.72 Å². The third kappa shape index (κ3) is 6.17. The molecule has 0 fully saturated rings. The van der Waals surface area contributed by atoms with E-state index in [0.717, 1.165) is 11.1 Å². The Morgan fingerprint density at radius 2 is 1.76 bits per heavy atom. The van der Waals surface area contributed by atoms with Crippen molar-refractivity contribution in [1.29, 1.82) is 0 Å². The molecule has 0 aliphatic heterocycles. The first-order valence-electron chi connectivity index (χ1n) is 11.8. The molecule has 0 aliphatic carbocycles. The first-order chi connectivity index (χ1) is 18.0. The fourth-order valence-corrected chi connectivity index (χ4v) is 4.73. The second-order valence-electron chi connectivity index (χ2n) is 8.52. The van der Waals surface area contributed by atoms with E-state index in [0.29, 0.717) is 22.8 Å². The molecule has 1 N–H and O–H groups in total. The van der Waals surface area contributed by atoms with Gasteiger partial charge in [0.15, 0.2) is 11.6 Å². The molecule has 3 heterocycles. The van der Waals surface area contributed by atoms with Crippen LogP contribution in [0.4, 0.5) is 5.95 Å². The molecule has 38 heavy (non-hydrogen) atoms. The molecule has 3 aromatic heterocycles. The molecule has 0 saturated carbocycles. The van der Waals surface area contributed by atoms with Crippen molar-refractivity contribution in [2.75, 3.05) is 25.5 Å². The number of methoxy groups -OCH3 is 2. The zero-order valence-corrected chi connectivity index (χ0v) is 23.4. The summed E-state index contributed by atoms with van der Waals surface area (Å²) in [5.74, 6) is 1.07. The lowest BCUT2D eigenvalue weighted by Gasteiger charge is -2.24. The molecule has 0 spiro atoms. The van der Waals surface area contributed by atoms with Gasteiger partial charge >= 0.3 is 0 Å². The lowest BCUT2D eigenvalue weighted by Crippen LogP contribution is -2.34. The minimum atomic E-state index is -4.12. The molecule has 12 nitrogen and oxygen atoms in total. The molecule has 0 saturated heterocycles. The zero-order chi connectivity index (χ0) is 28.0. The van der Waals surface area contributed by atoms with E-state index in [1.165, 1.54) is 25.7 Å². The number of aryl methyl sites for hydroxylation is 2. The minimum Gasteiger partial charge on any atom is -0.499 e. The highest BCUT2D eigenvalue weighted by atomic mass is 32.2. The van der Waals surface area contributed by atoms with Gasteiger partial charge in [-0.25, -0.2) is 18.4 Å². The Hall–Kier alpha value is -3.84. The van der Waals surface area contributed by atoms with Gasteiger partial charge in [0.1, 0.15) is 28.6 Å². The number of sulfonamides is 1. The van der Waals surface area contributed by atoms with Crippen LogP contribution in [0.1, 0.15) is 43.8 Å². The van der Waals surface area contributed by atoms with Crippen LogP contribution >= 0.6 is 0 Å². The van der Waals surface area contributed by atoms with E-state index in [1.807, 2.05) is 19.9 Å². The van der Waals surface area contributed by atoms with Crippen LogP contribution in [0.3, 0.4) is 0 Å². The molecule has 2 atom stereocenters. The van der Waals surface area contributed by atoms with E-state index < -0.39 is 21.4 Å². The maximum absolute atomic E-state index is 13.7. The number of anilines is 1. The number of allylic oxidation sites excluding steroid dienone is 2. The Kier molecular flexibility index (Phi) is 9.17. The number of rotatable bonds is 12. The molecular weight excluding hydrogens is 510 g/mol. The Bertz CT molecular complexity index is 1420. The van der Waals surface area contributed by atoms with E-state index in [2.05, 4.69) is 36.5 Å². The first-order valence-corrected chi connectivity index (χ1v) is 13.4. The Morgan fingerprint density at radius 1 is 1.08 bits per heavy atom. The number of nitrogens with one attached hydrogen (secondary N) is 1. The minimum absolute atomic E-state index is 0.0990. The normalized spacial score (nSPS) is 13.9. The van der Waals surface area contributed by atoms with Crippen molar-refractivity contribution >= 4 is 21.7 Å². The van der Waals surface area contributed by atoms with Crippen LogP contribution in [0.5, 0.6) is 0 Å². The third-order valence-electron chi connectivity index (χ3n) is 5.72. The van der Waals surface area contributed by atoms with E-state index in [1.54, 1.807) is 38.6 Å². The Labute approximate surface area is 222 Å². The highest BCUT2D eigenvalue weighted by Crippen LogP contribution is 2.32. The summed E-state index contributed by atoms with van der Waals surface area (Å²) in [6.07, 6.45) is 5.59. The van der Waals surface area contributed by atoms with Crippen LogP contribution in [0.2, 0.25) is 0 Å². The van der Waals surface area contributed by atoms with Crippen molar-refractivity contribution < 1.29 is 22.6 Å². The van der Waals surface area contributed by atoms with Crippen molar-refractivity contribution in [3.8, 4) is 11.4 Å². The van der Waals surface area contributed by atoms with Crippen molar-refractivity contribution in [1.82, 2.24) is 29.7 Å². The fourth-order valence-electron chi connectivity index (χ4n) is 3.63. The van der Waals surface area contributed by atoms with Gasteiger partial charge in [0.05, 0.1) is 14.2 Å². The van der Waals surface area contributed by atoms with Crippen LogP contribution in [0, 0.1) is 13.8 Å². The number of hydrogen-bond donors (Lipinski definition) is 1. The molecular formula is C25H33N7O5S. The van der Waals surface area contributed by atoms with Crippen molar-refractivity contribution in [3.63, 3.8) is 0 Å². The summed E-state index contributed by atoms with van der Waals surface area (Å²) >= 11 is 0. The number of hydrogen-bond acceptors (Lipinski definition) is 10. The van der Waals surface area contributed by atoms with Crippen molar-refractivity contribution in [3.05, 3.63) is 65.9 Å². The standard InChI is InChI=1S/C25H33N7O5S/c1-9-37-22(23-27-12-16(3)13-28-23)19(6)38(33,34)31-25-30-29-24(20-10-15(2)11-26-14-20)32(25)21(17(4)35-7)18(5)36-8/h10-14,19,22H,4,9H2,1-3,5-8H3,(H,30,31)/b21-18-/t19-,22+/m0/s1. The number of aromatic nitrogens is 6. The maximum atomic E-state index is 13.7. The number of pyridine rings is 1. The van der Waals surface area contributed by atoms with Gasteiger partial charge in [0.2, 0.25) is 16.0 Å². The fraction of sp³-hybridized carbons (Fsp3) is 0.400. The Morgan fingerprint density at radius 3 is 2.34 bits per heavy atom. The first kappa shape index (κ1) is 28.7. The van der Waals surface area contributed by atoms with Gasteiger partial charge in [-0.2, -0.15) is 0 Å². The lowest BCUT2D eigenvalue weighted by molar-refractivity contribution is 0.0557. The number of ether oxygens (including phenoxy) is 3. The molecule has 204 valence electrons. The monoisotopic (exact) mass is 543 g/mol. The molecule has 3 rings (SSSR count). The van der Waals surface area contributed by atoms with E-state index in [4.69, 9.17) is 14.2 Å². The summed E-state index contributed by atoms with van der Waals surface area (Å²) < 4.78 is 48.0. The molecule has 0 radical (unpaired) electrons. The Balaban J connectivity index is 2.14. The maximum Gasteiger partial charge on any atom is 0.243 e. The largest absolute Gasteiger partial charge is 0.499 e. The predicted molar refractivity (Wildman–Crippen MR) is 143 cm³/mol. The SMILES string of the molecule is C=C(OC)/C(=C(\C)OC)n1c(NS(=O)(=O)[C@@H](C)[C@@H](OCC)c2ncc(C)cn2)nnc1-c1cncc(C)c1. The predicted octanol–water partition coefficient (Wildman–Crippen LogP) is 3.65. The summed E-state index contributed by atoms with van der Waals surface area (Å²) in [6.45, 7) is 12.9. The second kappa shape index (κ2) is 12.1. The van der Waals surface area contributed by atoms with Gasteiger partial charge < -0.3 is 14.2 Å². The molecule has 13 heteroatoms. The van der Waals surface area contributed by atoms with Crippen LogP contribution in [-0.4, -0.2) is 64.2 Å². The van der Waals surface area contributed by atoms with E-state index in [-0.39, 0.29) is 24.1 Å². The van der Waals surface area contributed by atoms with Crippen LogP contribution in [-0.2, 0) is 24.2 Å². The number of nitrogens with zero attached hydrogens (tertiary/aromatic N) is 6. The smallest absolute Gasteiger partial charge is 0.243 e. The van der Waals surface area contributed by atoms with E-state index >= 15 is 0 Å². The molecule has 0 bridgehead atoms. The highest BCUT2D eigenvalue weighted by Gasteiger charge is 2.35. The summed E-state index contributed by atoms with van der Waals surface area (Å²) in [7, 11) is -1.19. The average Bonchev–Trinajstić information content (AvgIpc) is 3.29. The van der Waals surface area contributed by atoms with Crippen molar-refractivity contribution in [2.45, 2.75) is 46.0 Å². The summed E-state index contributed by atoms with van der Waals surface area (Å²) in [6, 6.07) is 1.85. The molecule has 0 amide bonds.